The Morgan fingerprint density at radius 2 is 2.06 bits per heavy atom. The molecule has 1 aromatic rings. The monoisotopic (exact) mass is 255 g/mol. The molecule has 96 valence electrons. The van der Waals surface area contributed by atoms with Crippen molar-refractivity contribution in [3.05, 3.63) is 28.8 Å². The fourth-order valence-corrected chi connectivity index (χ4v) is 1.88. The Hall–Kier alpha value is -0.730. The summed E-state index contributed by atoms with van der Waals surface area (Å²) in [5, 5.41) is 0.786. The van der Waals surface area contributed by atoms with Crippen molar-refractivity contribution in [2.75, 3.05) is 27.2 Å². The highest BCUT2D eigenvalue weighted by Gasteiger charge is 2.05. The van der Waals surface area contributed by atoms with Crippen molar-refractivity contribution in [3.63, 3.8) is 0 Å². The first-order valence-electron chi connectivity index (χ1n) is 6.19. The van der Waals surface area contributed by atoms with Crippen molar-refractivity contribution < 1.29 is 4.74 Å². The summed E-state index contributed by atoms with van der Waals surface area (Å²) in [5.74, 6) is 0.981. The second-order valence-electron chi connectivity index (χ2n) is 4.51. The molecule has 1 aromatic carbocycles. The third kappa shape index (κ3) is 5.42. The Labute approximate surface area is 110 Å². The van der Waals surface area contributed by atoms with Crippen molar-refractivity contribution in [2.45, 2.75) is 26.2 Å². The highest BCUT2D eigenvalue weighted by Crippen LogP contribution is 2.24. The number of nitrogens with zero attached hydrogens (tertiary/aromatic N) is 1. The summed E-state index contributed by atoms with van der Waals surface area (Å²) in [6, 6.07) is 5.88. The van der Waals surface area contributed by atoms with Gasteiger partial charge in [-0.3, -0.25) is 0 Å². The molecule has 0 saturated heterocycles. The van der Waals surface area contributed by atoms with E-state index in [-0.39, 0.29) is 0 Å². The van der Waals surface area contributed by atoms with Gasteiger partial charge in [0, 0.05) is 5.02 Å². The predicted molar refractivity (Wildman–Crippen MR) is 74.1 cm³/mol. The Kier molecular flexibility index (Phi) is 6.38. The van der Waals surface area contributed by atoms with E-state index in [9.17, 15) is 0 Å². The number of hydrogen-bond donors (Lipinski definition) is 0. The van der Waals surface area contributed by atoms with Crippen LogP contribution in [0.1, 0.15) is 25.3 Å². The zero-order valence-corrected chi connectivity index (χ0v) is 11.8. The molecule has 3 heteroatoms. The van der Waals surface area contributed by atoms with Crippen LogP contribution in [0.5, 0.6) is 5.75 Å². The number of rotatable bonds is 7. The molecule has 0 aliphatic carbocycles. The van der Waals surface area contributed by atoms with E-state index in [1.165, 1.54) is 5.56 Å². The second-order valence-corrected chi connectivity index (χ2v) is 4.94. The van der Waals surface area contributed by atoms with Crippen molar-refractivity contribution in [3.8, 4) is 5.75 Å². The molecule has 17 heavy (non-hydrogen) atoms. The molecule has 0 heterocycles. The minimum Gasteiger partial charge on any atom is -0.493 e. The van der Waals surface area contributed by atoms with Gasteiger partial charge in [-0.1, -0.05) is 18.5 Å². The van der Waals surface area contributed by atoms with Crippen LogP contribution in [-0.4, -0.2) is 32.1 Å². The van der Waals surface area contributed by atoms with Crippen molar-refractivity contribution in [1.82, 2.24) is 4.90 Å². The Bertz CT molecular complexity index is 339. The SMILES string of the molecule is CCCOc1ccc(Cl)cc1CCCN(C)C. The number of halogens is 1. The number of hydrogen-bond acceptors (Lipinski definition) is 2. The number of benzene rings is 1. The zero-order valence-electron chi connectivity index (χ0n) is 11.0. The van der Waals surface area contributed by atoms with Crippen molar-refractivity contribution in [1.29, 1.82) is 0 Å². The first kappa shape index (κ1) is 14.3. The maximum absolute atomic E-state index is 6.03. The molecule has 0 N–H and O–H groups in total. The lowest BCUT2D eigenvalue weighted by molar-refractivity contribution is 0.313. The summed E-state index contributed by atoms with van der Waals surface area (Å²) in [6.07, 6.45) is 3.16. The van der Waals surface area contributed by atoms with Gasteiger partial charge in [-0.2, -0.15) is 0 Å². The largest absolute Gasteiger partial charge is 0.493 e. The van der Waals surface area contributed by atoms with Gasteiger partial charge in [0.2, 0.25) is 0 Å². The molecule has 0 saturated carbocycles. The summed E-state index contributed by atoms with van der Waals surface area (Å²) >= 11 is 6.03. The van der Waals surface area contributed by atoms with E-state index < -0.39 is 0 Å². The minimum absolute atomic E-state index is 0.766. The van der Waals surface area contributed by atoms with Crippen LogP contribution in [0.15, 0.2) is 18.2 Å². The van der Waals surface area contributed by atoms with Crippen molar-refractivity contribution >= 4 is 11.6 Å². The average molecular weight is 256 g/mol. The Morgan fingerprint density at radius 1 is 1.29 bits per heavy atom. The third-order valence-corrected chi connectivity index (χ3v) is 2.77. The maximum atomic E-state index is 6.03. The van der Waals surface area contributed by atoms with Gasteiger partial charge in [-0.15, -0.1) is 0 Å². The number of ether oxygens (including phenoxy) is 1. The zero-order chi connectivity index (χ0) is 12.7. The van der Waals surface area contributed by atoms with Gasteiger partial charge < -0.3 is 9.64 Å². The fourth-order valence-electron chi connectivity index (χ4n) is 1.68. The van der Waals surface area contributed by atoms with E-state index in [1.54, 1.807) is 0 Å². The van der Waals surface area contributed by atoms with Crippen LogP contribution in [-0.2, 0) is 6.42 Å². The summed E-state index contributed by atoms with van der Waals surface area (Å²) < 4.78 is 5.73. The molecule has 0 aliphatic rings. The molecule has 2 nitrogen and oxygen atoms in total. The van der Waals surface area contributed by atoms with Crippen LogP contribution in [0.4, 0.5) is 0 Å². The van der Waals surface area contributed by atoms with E-state index in [2.05, 4.69) is 25.9 Å². The van der Waals surface area contributed by atoms with E-state index in [4.69, 9.17) is 16.3 Å². The lowest BCUT2D eigenvalue weighted by Gasteiger charge is -2.13. The number of aryl methyl sites for hydroxylation is 1. The van der Waals surface area contributed by atoms with Gasteiger partial charge in [0.1, 0.15) is 5.75 Å². The summed E-state index contributed by atoms with van der Waals surface area (Å²) in [6.45, 7) is 3.96. The molecule has 0 bridgehead atoms. The minimum atomic E-state index is 0.766. The first-order valence-corrected chi connectivity index (χ1v) is 6.57. The molecule has 0 fully saturated rings. The second kappa shape index (κ2) is 7.57. The molecule has 0 atom stereocenters. The molecule has 0 radical (unpaired) electrons. The summed E-state index contributed by atoms with van der Waals surface area (Å²) in [7, 11) is 4.18. The predicted octanol–water partition coefficient (Wildman–Crippen LogP) is 3.62. The van der Waals surface area contributed by atoms with Gasteiger partial charge >= 0.3 is 0 Å². The van der Waals surface area contributed by atoms with Gasteiger partial charge in [-0.25, -0.2) is 0 Å². The van der Waals surface area contributed by atoms with E-state index in [0.717, 1.165) is 43.2 Å². The highest BCUT2D eigenvalue weighted by atomic mass is 35.5. The molecule has 0 amide bonds. The standard InChI is InChI=1S/C14H22ClNO/c1-4-10-17-14-8-7-13(15)11-12(14)6-5-9-16(2)3/h7-8,11H,4-6,9-10H2,1-3H3. The highest BCUT2D eigenvalue weighted by molar-refractivity contribution is 6.30. The summed E-state index contributed by atoms with van der Waals surface area (Å²) in [4.78, 5) is 2.19. The van der Waals surface area contributed by atoms with E-state index in [1.807, 2.05) is 18.2 Å². The van der Waals surface area contributed by atoms with Crippen LogP contribution in [0.25, 0.3) is 0 Å². The third-order valence-electron chi connectivity index (χ3n) is 2.54. The Morgan fingerprint density at radius 3 is 2.71 bits per heavy atom. The van der Waals surface area contributed by atoms with Crippen LogP contribution in [0, 0.1) is 0 Å². The molecule has 0 spiro atoms. The normalized spacial score (nSPS) is 10.9. The summed E-state index contributed by atoms with van der Waals surface area (Å²) in [5.41, 5.74) is 1.22. The van der Waals surface area contributed by atoms with Crippen LogP contribution in [0.3, 0.4) is 0 Å². The molecule has 0 aliphatic heterocycles. The van der Waals surface area contributed by atoms with E-state index >= 15 is 0 Å². The maximum Gasteiger partial charge on any atom is 0.122 e. The molecule has 0 unspecified atom stereocenters. The molecular formula is C14H22ClNO. The lowest BCUT2D eigenvalue weighted by Crippen LogP contribution is -2.13. The van der Waals surface area contributed by atoms with Crippen LogP contribution >= 0.6 is 11.6 Å². The molecule has 0 aromatic heterocycles. The van der Waals surface area contributed by atoms with Crippen LogP contribution in [0.2, 0.25) is 5.02 Å². The smallest absolute Gasteiger partial charge is 0.122 e. The topological polar surface area (TPSA) is 12.5 Å². The first-order chi connectivity index (χ1) is 8.13. The quantitative estimate of drug-likeness (QED) is 0.738. The Balaban J connectivity index is 2.62. The van der Waals surface area contributed by atoms with Crippen molar-refractivity contribution in [2.24, 2.45) is 0 Å². The fraction of sp³-hybridized carbons (Fsp3) is 0.571. The van der Waals surface area contributed by atoms with Gasteiger partial charge in [0.25, 0.3) is 0 Å². The van der Waals surface area contributed by atoms with Gasteiger partial charge in [-0.05, 0) is 63.7 Å². The van der Waals surface area contributed by atoms with Gasteiger partial charge in [0.15, 0.2) is 0 Å². The van der Waals surface area contributed by atoms with Crippen LogP contribution < -0.4 is 4.74 Å². The van der Waals surface area contributed by atoms with E-state index in [0.29, 0.717) is 0 Å². The lowest BCUT2D eigenvalue weighted by atomic mass is 10.1. The average Bonchev–Trinajstić information content (AvgIpc) is 2.27. The molecular weight excluding hydrogens is 234 g/mol. The van der Waals surface area contributed by atoms with Gasteiger partial charge in [0.05, 0.1) is 6.61 Å². The molecule has 1 rings (SSSR count).